The number of amides is 1. The van der Waals surface area contributed by atoms with Crippen molar-refractivity contribution >= 4 is 17.2 Å². The standard InChI is InChI=1S/C24H29N5O3S/c1-14(2)29-22(25-13-26-29)23-27-21-18-12-17(4-5-19(18)32-11-8-20(21)33-23)16-6-9-28(10-7-16)24(31)15(3)30/h4-5,12-16,30H,6-11H2,1-3H3/t15-/m0/s1. The smallest absolute Gasteiger partial charge is 0.251 e. The number of hydrogen-bond donors (Lipinski definition) is 1. The van der Waals surface area contributed by atoms with Crippen molar-refractivity contribution in [3.8, 4) is 27.8 Å². The Morgan fingerprint density at radius 1 is 1.24 bits per heavy atom. The van der Waals surface area contributed by atoms with Crippen molar-refractivity contribution in [3.05, 3.63) is 35.0 Å². The average Bonchev–Trinajstić information content (AvgIpc) is 3.43. The van der Waals surface area contributed by atoms with E-state index >= 15 is 0 Å². The van der Waals surface area contributed by atoms with Crippen LogP contribution >= 0.6 is 11.3 Å². The number of piperidine rings is 1. The molecule has 2 aliphatic heterocycles. The summed E-state index contributed by atoms with van der Waals surface area (Å²) in [5, 5.41) is 14.9. The number of aliphatic hydroxyl groups excluding tert-OH is 1. The van der Waals surface area contributed by atoms with Crippen molar-refractivity contribution in [2.24, 2.45) is 0 Å². The first kappa shape index (κ1) is 22.0. The fourth-order valence-corrected chi connectivity index (χ4v) is 5.72. The van der Waals surface area contributed by atoms with Gasteiger partial charge in [0.05, 0.1) is 12.3 Å². The van der Waals surface area contributed by atoms with Crippen molar-refractivity contribution in [1.82, 2.24) is 24.6 Å². The van der Waals surface area contributed by atoms with Crippen LogP contribution in [0, 0.1) is 0 Å². The summed E-state index contributed by atoms with van der Waals surface area (Å²) in [6.07, 6.45) is 3.22. The van der Waals surface area contributed by atoms with Crippen LogP contribution in [0.5, 0.6) is 5.75 Å². The number of thiazole rings is 1. The molecule has 1 saturated heterocycles. The first-order valence-electron chi connectivity index (χ1n) is 11.6. The number of ether oxygens (including phenoxy) is 1. The molecule has 1 aromatic carbocycles. The third-order valence-corrected chi connectivity index (χ3v) is 7.54. The molecular formula is C24H29N5O3S. The number of hydrogen-bond acceptors (Lipinski definition) is 7. The number of benzene rings is 1. The SMILES string of the molecule is CC(C)n1ncnc1-c1nc2c(s1)CCOc1ccc(C3CCN(C(=O)[C@H](C)O)CC3)cc1-2. The molecule has 1 atom stereocenters. The molecule has 33 heavy (non-hydrogen) atoms. The number of carbonyl (C=O) groups is 1. The summed E-state index contributed by atoms with van der Waals surface area (Å²) >= 11 is 1.67. The number of fused-ring (bicyclic) bond motifs is 3. The molecule has 0 unspecified atom stereocenters. The first-order valence-corrected chi connectivity index (χ1v) is 12.4. The van der Waals surface area contributed by atoms with Gasteiger partial charge in [-0.15, -0.1) is 11.3 Å². The van der Waals surface area contributed by atoms with E-state index in [1.54, 1.807) is 22.6 Å². The molecule has 0 saturated carbocycles. The highest BCUT2D eigenvalue weighted by Gasteiger charge is 2.28. The van der Waals surface area contributed by atoms with E-state index in [1.807, 2.05) is 4.68 Å². The zero-order chi connectivity index (χ0) is 23.1. The van der Waals surface area contributed by atoms with E-state index in [2.05, 4.69) is 42.1 Å². The molecule has 3 aromatic rings. The van der Waals surface area contributed by atoms with Gasteiger partial charge in [-0.05, 0) is 57.2 Å². The second-order valence-electron chi connectivity index (χ2n) is 9.04. The van der Waals surface area contributed by atoms with Crippen LogP contribution in [0.3, 0.4) is 0 Å². The largest absolute Gasteiger partial charge is 0.493 e. The van der Waals surface area contributed by atoms with Crippen LogP contribution in [0.25, 0.3) is 22.1 Å². The van der Waals surface area contributed by atoms with Crippen LogP contribution in [0.1, 0.15) is 56.0 Å². The van der Waals surface area contributed by atoms with E-state index in [4.69, 9.17) is 9.72 Å². The van der Waals surface area contributed by atoms with Crippen LogP contribution in [0.2, 0.25) is 0 Å². The van der Waals surface area contributed by atoms with Crippen molar-refractivity contribution in [2.45, 2.75) is 58.1 Å². The number of nitrogens with zero attached hydrogens (tertiary/aromatic N) is 5. The Morgan fingerprint density at radius 2 is 2.03 bits per heavy atom. The highest BCUT2D eigenvalue weighted by molar-refractivity contribution is 7.15. The quantitative estimate of drug-likeness (QED) is 0.629. The van der Waals surface area contributed by atoms with Crippen LogP contribution in [-0.4, -0.2) is 61.5 Å². The summed E-state index contributed by atoms with van der Waals surface area (Å²) in [7, 11) is 0. The molecule has 1 N–H and O–H groups in total. The average molecular weight is 468 g/mol. The molecule has 4 heterocycles. The molecule has 0 radical (unpaired) electrons. The maximum absolute atomic E-state index is 12.1. The highest BCUT2D eigenvalue weighted by atomic mass is 32.1. The fourth-order valence-electron chi connectivity index (χ4n) is 4.67. The molecule has 2 aromatic heterocycles. The predicted molar refractivity (Wildman–Crippen MR) is 126 cm³/mol. The minimum absolute atomic E-state index is 0.183. The Hall–Kier alpha value is -2.78. The Kier molecular flexibility index (Phi) is 5.92. The number of aromatic nitrogens is 4. The van der Waals surface area contributed by atoms with Crippen LogP contribution < -0.4 is 4.74 Å². The Labute approximate surface area is 197 Å². The van der Waals surface area contributed by atoms with E-state index in [-0.39, 0.29) is 11.9 Å². The van der Waals surface area contributed by atoms with Gasteiger partial charge in [0.25, 0.3) is 5.91 Å². The lowest BCUT2D eigenvalue weighted by atomic mass is 9.88. The highest BCUT2D eigenvalue weighted by Crippen LogP contribution is 2.42. The van der Waals surface area contributed by atoms with Crippen LogP contribution in [0.4, 0.5) is 0 Å². The molecule has 8 nitrogen and oxygen atoms in total. The van der Waals surface area contributed by atoms with Crippen molar-refractivity contribution in [1.29, 1.82) is 0 Å². The zero-order valence-corrected chi connectivity index (χ0v) is 20.0. The topological polar surface area (TPSA) is 93.4 Å². The van der Waals surface area contributed by atoms with Crippen LogP contribution in [-0.2, 0) is 11.2 Å². The third kappa shape index (κ3) is 4.15. The van der Waals surface area contributed by atoms with Gasteiger partial charge >= 0.3 is 0 Å². The molecular weight excluding hydrogens is 438 g/mol. The summed E-state index contributed by atoms with van der Waals surface area (Å²) in [5.41, 5.74) is 3.25. The lowest BCUT2D eigenvalue weighted by Crippen LogP contribution is -2.42. The normalized spacial score (nSPS) is 17.3. The minimum atomic E-state index is -0.940. The van der Waals surface area contributed by atoms with Crippen LogP contribution in [0.15, 0.2) is 24.5 Å². The van der Waals surface area contributed by atoms with Gasteiger partial charge in [-0.2, -0.15) is 5.10 Å². The molecule has 0 bridgehead atoms. The first-order chi connectivity index (χ1) is 15.9. The van der Waals surface area contributed by atoms with Gasteiger partial charge in [0.1, 0.15) is 18.2 Å². The zero-order valence-electron chi connectivity index (χ0n) is 19.2. The van der Waals surface area contributed by atoms with E-state index in [0.717, 1.165) is 47.1 Å². The minimum Gasteiger partial charge on any atom is -0.493 e. The maximum Gasteiger partial charge on any atom is 0.251 e. The lowest BCUT2D eigenvalue weighted by Gasteiger charge is -2.33. The molecule has 1 fully saturated rings. The van der Waals surface area contributed by atoms with Crippen molar-refractivity contribution in [3.63, 3.8) is 0 Å². The molecule has 0 aliphatic carbocycles. The maximum atomic E-state index is 12.1. The Bertz CT molecular complexity index is 1160. The lowest BCUT2D eigenvalue weighted by molar-refractivity contribution is -0.140. The predicted octanol–water partition coefficient (Wildman–Crippen LogP) is 3.67. The van der Waals surface area contributed by atoms with E-state index in [0.29, 0.717) is 25.6 Å². The summed E-state index contributed by atoms with van der Waals surface area (Å²) in [6.45, 7) is 7.66. The van der Waals surface area contributed by atoms with E-state index in [1.165, 1.54) is 17.4 Å². The fraction of sp³-hybridized carbons (Fsp3) is 0.500. The van der Waals surface area contributed by atoms with Gasteiger partial charge in [-0.1, -0.05) is 6.07 Å². The van der Waals surface area contributed by atoms with Crippen molar-refractivity contribution in [2.75, 3.05) is 19.7 Å². The second-order valence-corrected chi connectivity index (χ2v) is 10.1. The summed E-state index contributed by atoms with van der Waals surface area (Å²) in [4.78, 5) is 24.6. The Morgan fingerprint density at radius 3 is 2.76 bits per heavy atom. The van der Waals surface area contributed by atoms with E-state index in [9.17, 15) is 9.90 Å². The van der Waals surface area contributed by atoms with Gasteiger partial charge in [0, 0.05) is 36.0 Å². The number of aliphatic hydroxyl groups is 1. The van der Waals surface area contributed by atoms with E-state index < -0.39 is 6.10 Å². The molecule has 5 rings (SSSR count). The summed E-state index contributed by atoms with van der Waals surface area (Å²) < 4.78 is 7.96. The van der Waals surface area contributed by atoms with Gasteiger partial charge in [-0.25, -0.2) is 14.6 Å². The van der Waals surface area contributed by atoms with Gasteiger partial charge in [0.15, 0.2) is 10.8 Å². The molecule has 1 amide bonds. The van der Waals surface area contributed by atoms with Crippen molar-refractivity contribution < 1.29 is 14.6 Å². The number of rotatable bonds is 4. The third-order valence-electron chi connectivity index (χ3n) is 6.43. The molecule has 0 spiro atoms. The van der Waals surface area contributed by atoms with Gasteiger partial charge in [-0.3, -0.25) is 4.79 Å². The summed E-state index contributed by atoms with van der Waals surface area (Å²) in [5.74, 6) is 1.85. The number of likely N-dealkylation sites (tertiary alicyclic amines) is 1. The number of carbonyl (C=O) groups excluding carboxylic acids is 1. The molecule has 2 aliphatic rings. The van der Waals surface area contributed by atoms with Gasteiger partial charge < -0.3 is 14.7 Å². The van der Waals surface area contributed by atoms with Gasteiger partial charge in [0.2, 0.25) is 0 Å². The molecule has 9 heteroatoms. The second kappa shape index (κ2) is 8.87. The summed E-state index contributed by atoms with van der Waals surface area (Å²) in [6, 6.07) is 6.62. The molecule has 174 valence electrons. The monoisotopic (exact) mass is 467 g/mol. The Balaban J connectivity index is 1.44.